The molecule has 3 rings (SSSR count). The molecule has 3 aromatic carbocycles. The fraction of sp³-hybridized carbons (Fsp3) is 0.355. The first-order chi connectivity index (χ1) is 19.1. The van der Waals surface area contributed by atoms with Gasteiger partial charge in [-0.2, -0.15) is 0 Å². The highest BCUT2D eigenvalue weighted by molar-refractivity contribution is 9.10. The van der Waals surface area contributed by atoms with Crippen LogP contribution in [0.2, 0.25) is 0 Å². The van der Waals surface area contributed by atoms with Crippen LogP contribution >= 0.6 is 15.9 Å². The third kappa shape index (κ3) is 9.48. The molecule has 40 heavy (non-hydrogen) atoms. The molecular weight excluding hydrogens is 590 g/mol. The zero-order valence-electron chi connectivity index (χ0n) is 23.3. The Morgan fingerprint density at radius 1 is 0.900 bits per heavy atom. The molecule has 2 amide bonds. The van der Waals surface area contributed by atoms with Crippen molar-refractivity contribution in [3.63, 3.8) is 0 Å². The van der Waals surface area contributed by atoms with Gasteiger partial charge in [0.25, 0.3) is 0 Å². The minimum Gasteiger partial charge on any atom is -0.352 e. The van der Waals surface area contributed by atoms with E-state index in [4.69, 9.17) is 0 Å². The van der Waals surface area contributed by atoms with E-state index in [0.717, 1.165) is 28.3 Å². The SMILES string of the molecule is CC[C@H](C)NC(=O)[C@@H](Cc1ccccc1)N(Cc1ccc(Br)cc1)C(=O)CCCN(c1ccccc1)S(C)(=O)=O. The molecule has 0 aliphatic carbocycles. The standard InChI is InChI=1S/C31H38BrN3O4S/c1-4-24(2)33-31(37)29(22-25-12-7-5-8-13-25)34(23-26-17-19-27(32)20-18-26)30(36)16-11-21-35(40(3,38)39)28-14-9-6-10-15-28/h5-10,12-15,17-20,24,29H,4,11,16,21-23H2,1-3H3,(H,33,37)/t24-,29+/m0/s1. The Balaban J connectivity index is 1.88. The van der Waals surface area contributed by atoms with Crippen LogP contribution in [-0.2, 0) is 32.6 Å². The lowest BCUT2D eigenvalue weighted by Crippen LogP contribution is -2.52. The van der Waals surface area contributed by atoms with Crippen molar-refractivity contribution >= 4 is 43.5 Å². The molecule has 0 spiro atoms. The van der Waals surface area contributed by atoms with Crippen molar-refractivity contribution in [3.8, 4) is 0 Å². The Morgan fingerprint density at radius 2 is 1.50 bits per heavy atom. The molecular formula is C31H38BrN3O4S. The Hall–Kier alpha value is -3.17. The summed E-state index contributed by atoms with van der Waals surface area (Å²) in [6, 6.07) is 25.4. The fourth-order valence-electron chi connectivity index (χ4n) is 4.38. The van der Waals surface area contributed by atoms with Crippen molar-refractivity contribution < 1.29 is 18.0 Å². The molecule has 0 fully saturated rings. The molecule has 3 aromatic rings. The van der Waals surface area contributed by atoms with Gasteiger partial charge in [0, 0.05) is 36.4 Å². The van der Waals surface area contributed by atoms with Gasteiger partial charge >= 0.3 is 0 Å². The van der Waals surface area contributed by atoms with Crippen LogP contribution in [0.1, 0.15) is 44.2 Å². The third-order valence-corrected chi connectivity index (χ3v) is 8.46. The summed E-state index contributed by atoms with van der Waals surface area (Å²) >= 11 is 3.46. The number of carbonyl (C=O) groups is 2. The van der Waals surface area contributed by atoms with Crippen LogP contribution in [0.15, 0.2) is 89.4 Å². The van der Waals surface area contributed by atoms with Crippen LogP contribution in [0.25, 0.3) is 0 Å². The smallest absolute Gasteiger partial charge is 0.243 e. The van der Waals surface area contributed by atoms with E-state index in [2.05, 4.69) is 21.2 Å². The number of amides is 2. The number of carbonyl (C=O) groups excluding carboxylic acids is 2. The predicted octanol–water partition coefficient (Wildman–Crippen LogP) is 5.55. The van der Waals surface area contributed by atoms with Gasteiger partial charge in [-0.15, -0.1) is 0 Å². The Labute approximate surface area is 246 Å². The molecule has 0 saturated heterocycles. The van der Waals surface area contributed by atoms with E-state index in [-0.39, 0.29) is 37.4 Å². The molecule has 9 heteroatoms. The van der Waals surface area contributed by atoms with Gasteiger partial charge in [-0.3, -0.25) is 13.9 Å². The van der Waals surface area contributed by atoms with Crippen molar-refractivity contribution in [3.05, 3.63) is 101 Å². The lowest BCUT2D eigenvalue weighted by Gasteiger charge is -2.32. The average molecular weight is 629 g/mol. The molecule has 0 saturated carbocycles. The minimum atomic E-state index is -3.54. The Morgan fingerprint density at radius 3 is 2.08 bits per heavy atom. The molecule has 0 heterocycles. The average Bonchev–Trinajstić information content (AvgIpc) is 2.94. The first-order valence-corrected chi connectivity index (χ1v) is 16.1. The quantitative estimate of drug-likeness (QED) is 0.254. The van der Waals surface area contributed by atoms with Gasteiger partial charge < -0.3 is 10.2 Å². The highest BCUT2D eigenvalue weighted by atomic mass is 79.9. The number of nitrogens with zero attached hydrogens (tertiary/aromatic N) is 2. The second-order valence-corrected chi connectivity index (χ2v) is 12.8. The van der Waals surface area contributed by atoms with E-state index in [1.54, 1.807) is 29.2 Å². The molecule has 0 aliphatic heterocycles. The number of hydrogen-bond donors (Lipinski definition) is 1. The first-order valence-electron chi connectivity index (χ1n) is 13.5. The van der Waals surface area contributed by atoms with Gasteiger partial charge in [0.2, 0.25) is 21.8 Å². The van der Waals surface area contributed by atoms with Crippen LogP contribution in [0.4, 0.5) is 5.69 Å². The van der Waals surface area contributed by atoms with E-state index < -0.39 is 16.1 Å². The highest BCUT2D eigenvalue weighted by Gasteiger charge is 2.31. The van der Waals surface area contributed by atoms with Crippen LogP contribution in [-0.4, -0.2) is 50.0 Å². The third-order valence-electron chi connectivity index (χ3n) is 6.73. The monoisotopic (exact) mass is 627 g/mol. The zero-order chi connectivity index (χ0) is 29.1. The fourth-order valence-corrected chi connectivity index (χ4v) is 5.61. The van der Waals surface area contributed by atoms with Gasteiger partial charge in [0.15, 0.2) is 0 Å². The van der Waals surface area contributed by atoms with Crippen molar-refractivity contribution in [1.82, 2.24) is 10.2 Å². The number of benzene rings is 3. The second-order valence-electron chi connectivity index (χ2n) is 9.95. The lowest BCUT2D eigenvalue weighted by atomic mass is 10.0. The van der Waals surface area contributed by atoms with Crippen molar-refractivity contribution in [2.24, 2.45) is 0 Å². The Bertz CT molecular complexity index is 1340. The van der Waals surface area contributed by atoms with E-state index in [1.165, 1.54) is 4.31 Å². The van der Waals surface area contributed by atoms with E-state index in [0.29, 0.717) is 18.5 Å². The highest BCUT2D eigenvalue weighted by Crippen LogP contribution is 2.21. The molecule has 0 aromatic heterocycles. The Kier molecular flexibility index (Phi) is 11.8. The second kappa shape index (κ2) is 15.0. The van der Waals surface area contributed by atoms with Gasteiger partial charge in [-0.25, -0.2) is 8.42 Å². The number of hydrogen-bond acceptors (Lipinski definition) is 4. The molecule has 0 bridgehead atoms. The number of halogens is 1. The summed E-state index contributed by atoms with van der Waals surface area (Å²) in [4.78, 5) is 29.1. The molecule has 0 unspecified atom stereocenters. The predicted molar refractivity (Wildman–Crippen MR) is 164 cm³/mol. The summed E-state index contributed by atoms with van der Waals surface area (Å²) in [5, 5.41) is 3.07. The van der Waals surface area contributed by atoms with E-state index in [1.807, 2.05) is 74.5 Å². The number of rotatable bonds is 14. The molecule has 2 atom stereocenters. The van der Waals surface area contributed by atoms with Crippen molar-refractivity contribution in [1.29, 1.82) is 0 Å². The summed E-state index contributed by atoms with van der Waals surface area (Å²) < 4.78 is 27.3. The van der Waals surface area contributed by atoms with Crippen LogP contribution in [0.5, 0.6) is 0 Å². The number of sulfonamides is 1. The van der Waals surface area contributed by atoms with Crippen molar-refractivity contribution in [2.75, 3.05) is 17.1 Å². The van der Waals surface area contributed by atoms with E-state index in [9.17, 15) is 18.0 Å². The number of para-hydroxylation sites is 1. The molecule has 1 N–H and O–H groups in total. The summed E-state index contributed by atoms with van der Waals surface area (Å²) in [5.74, 6) is -0.407. The number of anilines is 1. The zero-order valence-corrected chi connectivity index (χ0v) is 25.7. The summed E-state index contributed by atoms with van der Waals surface area (Å²) in [5.41, 5.74) is 2.40. The summed E-state index contributed by atoms with van der Waals surface area (Å²) in [6.07, 6.45) is 2.70. The van der Waals surface area contributed by atoms with Crippen LogP contribution in [0, 0.1) is 0 Å². The first kappa shape index (κ1) is 31.4. The van der Waals surface area contributed by atoms with E-state index >= 15 is 0 Å². The number of nitrogens with one attached hydrogen (secondary N) is 1. The van der Waals surface area contributed by atoms with Crippen LogP contribution in [0.3, 0.4) is 0 Å². The topological polar surface area (TPSA) is 86.8 Å². The van der Waals surface area contributed by atoms with Gasteiger partial charge in [-0.1, -0.05) is 83.5 Å². The van der Waals surface area contributed by atoms with Gasteiger partial charge in [0.05, 0.1) is 11.9 Å². The molecule has 7 nitrogen and oxygen atoms in total. The lowest BCUT2D eigenvalue weighted by molar-refractivity contribution is -0.141. The summed E-state index contributed by atoms with van der Waals surface area (Å²) in [7, 11) is -3.54. The minimum absolute atomic E-state index is 0.0374. The maximum atomic E-state index is 13.8. The maximum Gasteiger partial charge on any atom is 0.243 e. The van der Waals surface area contributed by atoms with Gasteiger partial charge in [0.1, 0.15) is 6.04 Å². The largest absolute Gasteiger partial charge is 0.352 e. The normalized spacial score (nSPS) is 12.8. The molecule has 0 radical (unpaired) electrons. The van der Waals surface area contributed by atoms with Crippen molar-refractivity contribution in [2.45, 2.75) is 58.2 Å². The maximum absolute atomic E-state index is 13.8. The summed E-state index contributed by atoms with van der Waals surface area (Å²) in [6.45, 7) is 4.36. The molecule has 0 aliphatic rings. The molecule has 214 valence electrons. The van der Waals surface area contributed by atoms with Gasteiger partial charge in [-0.05, 0) is 55.2 Å². The van der Waals surface area contributed by atoms with Crippen LogP contribution < -0.4 is 9.62 Å².